The molecule has 0 bridgehead atoms. The van der Waals surface area contributed by atoms with Gasteiger partial charge in [0, 0.05) is 26.2 Å². The monoisotopic (exact) mass is 298 g/mol. The number of rotatable bonds is 1. The molecule has 0 radical (unpaired) electrons. The normalized spacial score (nSPS) is 26.7. The van der Waals surface area contributed by atoms with E-state index in [4.69, 9.17) is 0 Å². The van der Waals surface area contributed by atoms with Crippen molar-refractivity contribution in [1.82, 2.24) is 20.0 Å². The number of imide groups is 2. The minimum Gasteiger partial charge on any atom is -0.336 e. The molecule has 9 heteroatoms. The maximum atomic E-state index is 12.2. The molecule has 108 valence electrons. The first-order valence-corrected chi connectivity index (χ1v) is 7.39. The van der Waals surface area contributed by atoms with Crippen molar-refractivity contribution >= 4 is 35.0 Å². The van der Waals surface area contributed by atoms with E-state index in [-0.39, 0.29) is 35.0 Å². The van der Waals surface area contributed by atoms with Gasteiger partial charge in [-0.3, -0.25) is 14.5 Å². The Morgan fingerprint density at radius 3 is 2.65 bits per heavy atom. The summed E-state index contributed by atoms with van der Waals surface area (Å²) in [5, 5.41) is 2.33. The van der Waals surface area contributed by atoms with Gasteiger partial charge in [0.2, 0.25) is 5.91 Å². The van der Waals surface area contributed by atoms with E-state index >= 15 is 0 Å². The highest BCUT2D eigenvalue weighted by molar-refractivity contribution is 8.14. The van der Waals surface area contributed by atoms with Crippen molar-refractivity contribution in [3.05, 3.63) is 0 Å². The average molecular weight is 298 g/mol. The second-order valence-electron chi connectivity index (χ2n) is 4.87. The van der Waals surface area contributed by atoms with Gasteiger partial charge in [0.1, 0.15) is 0 Å². The first kappa shape index (κ1) is 13.2. The maximum absolute atomic E-state index is 12.2. The summed E-state index contributed by atoms with van der Waals surface area (Å²) in [6.07, 6.45) is 0.569. The van der Waals surface area contributed by atoms with Gasteiger partial charge in [-0.15, -0.1) is 0 Å². The molecule has 0 spiro atoms. The van der Waals surface area contributed by atoms with Gasteiger partial charge in [-0.2, -0.15) is 0 Å². The van der Waals surface area contributed by atoms with Crippen LogP contribution in [-0.2, 0) is 4.79 Å². The van der Waals surface area contributed by atoms with Crippen LogP contribution in [0.4, 0.5) is 14.4 Å². The summed E-state index contributed by atoms with van der Waals surface area (Å²) < 4.78 is 0. The Kier molecular flexibility index (Phi) is 3.28. The number of hydrogen-bond acceptors (Lipinski definition) is 5. The van der Waals surface area contributed by atoms with Crippen LogP contribution in [0.25, 0.3) is 0 Å². The SMILES string of the molecule is O=C1NCCN1C(=O)N1CC[C@@H](N2C(=O)CSC2=O)C1. The fraction of sp³-hybridized carbons (Fsp3) is 0.636. The molecule has 3 saturated heterocycles. The van der Waals surface area contributed by atoms with E-state index in [9.17, 15) is 19.2 Å². The fourth-order valence-electron chi connectivity index (χ4n) is 2.67. The van der Waals surface area contributed by atoms with Crippen LogP contribution in [0, 0.1) is 0 Å². The highest BCUT2D eigenvalue weighted by Gasteiger charge is 2.41. The Balaban J connectivity index is 1.65. The van der Waals surface area contributed by atoms with Crippen molar-refractivity contribution in [2.75, 3.05) is 31.9 Å². The highest BCUT2D eigenvalue weighted by atomic mass is 32.2. The number of urea groups is 2. The molecular weight excluding hydrogens is 284 g/mol. The standard InChI is InChI=1S/C11H14N4O4S/c16-8-6-20-11(19)15(8)7-1-3-13(5-7)10(18)14-4-2-12-9(14)17/h7H,1-6H2,(H,12,17)/t7-/m1/s1. The summed E-state index contributed by atoms with van der Waals surface area (Å²) in [5.41, 5.74) is 0. The molecule has 3 aliphatic heterocycles. The molecule has 3 rings (SSSR count). The average Bonchev–Trinajstić information content (AvgIpc) is 3.10. The minimum atomic E-state index is -0.387. The van der Waals surface area contributed by atoms with Gasteiger partial charge in [-0.25, -0.2) is 14.5 Å². The molecule has 6 amide bonds. The third-order valence-electron chi connectivity index (χ3n) is 3.67. The molecule has 1 N–H and O–H groups in total. The molecule has 3 fully saturated rings. The smallest absolute Gasteiger partial charge is 0.328 e. The zero-order valence-electron chi connectivity index (χ0n) is 10.7. The van der Waals surface area contributed by atoms with Crippen molar-refractivity contribution in [3.8, 4) is 0 Å². The summed E-state index contributed by atoms with van der Waals surface area (Å²) in [6, 6.07) is -1.00. The molecule has 0 unspecified atom stereocenters. The number of likely N-dealkylation sites (tertiary alicyclic amines) is 1. The van der Waals surface area contributed by atoms with Crippen molar-refractivity contribution < 1.29 is 19.2 Å². The van der Waals surface area contributed by atoms with Crippen molar-refractivity contribution in [3.63, 3.8) is 0 Å². The van der Waals surface area contributed by atoms with Gasteiger partial charge < -0.3 is 10.2 Å². The number of nitrogens with zero attached hydrogens (tertiary/aromatic N) is 3. The van der Waals surface area contributed by atoms with Crippen LogP contribution in [0.15, 0.2) is 0 Å². The van der Waals surface area contributed by atoms with E-state index < -0.39 is 0 Å². The molecule has 1 atom stereocenters. The molecule has 0 aliphatic carbocycles. The fourth-order valence-corrected chi connectivity index (χ4v) is 3.44. The lowest BCUT2D eigenvalue weighted by atomic mass is 10.2. The lowest BCUT2D eigenvalue weighted by Gasteiger charge is -2.24. The third-order valence-corrected chi connectivity index (χ3v) is 4.51. The van der Waals surface area contributed by atoms with Gasteiger partial charge >= 0.3 is 12.1 Å². The van der Waals surface area contributed by atoms with Crippen LogP contribution in [-0.4, -0.2) is 75.9 Å². The molecular formula is C11H14N4O4S. The summed E-state index contributed by atoms with van der Waals surface area (Å²) >= 11 is 0.995. The maximum Gasteiger partial charge on any atom is 0.328 e. The first-order valence-electron chi connectivity index (χ1n) is 6.41. The molecule has 0 aromatic rings. The first-order chi connectivity index (χ1) is 9.58. The van der Waals surface area contributed by atoms with Gasteiger partial charge in [-0.1, -0.05) is 11.8 Å². The Labute approximate surface area is 119 Å². The Bertz CT molecular complexity index is 481. The number of carbonyl (C=O) groups excluding carboxylic acids is 4. The zero-order chi connectivity index (χ0) is 14.3. The van der Waals surface area contributed by atoms with Gasteiger partial charge in [0.15, 0.2) is 0 Å². The Hall–Kier alpha value is -1.77. The molecule has 20 heavy (non-hydrogen) atoms. The number of nitrogens with one attached hydrogen (secondary N) is 1. The topological polar surface area (TPSA) is 90.0 Å². The third kappa shape index (κ3) is 2.11. The lowest BCUT2D eigenvalue weighted by Crippen LogP contribution is -2.46. The van der Waals surface area contributed by atoms with E-state index in [1.54, 1.807) is 0 Å². The van der Waals surface area contributed by atoms with Gasteiger partial charge in [0.25, 0.3) is 5.24 Å². The largest absolute Gasteiger partial charge is 0.336 e. The molecule has 0 saturated carbocycles. The van der Waals surface area contributed by atoms with E-state index in [2.05, 4.69) is 5.32 Å². The second-order valence-corrected chi connectivity index (χ2v) is 5.80. The van der Waals surface area contributed by atoms with E-state index in [1.807, 2.05) is 0 Å². The summed E-state index contributed by atoms with van der Waals surface area (Å²) in [5.74, 6) is -0.0177. The molecule has 3 aliphatic rings. The van der Waals surface area contributed by atoms with E-state index in [0.717, 1.165) is 16.7 Å². The van der Waals surface area contributed by atoms with Crippen LogP contribution < -0.4 is 5.32 Å². The molecule has 3 heterocycles. The van der Waals surface area contributed by atoms with Crippen LogP contribution in [0.5, 0.6) is 0 Å². The predicted molar refractivity (Wildman–Crippen MR) is 70.2 cm³/mol. The Morgan fingerprint density at radius 2 is 2.05 bits per heavy atom. The second kappa shape index (κ2) is 4.97. The van der Waals surface area contributed by atoms with E-state index in [0.29, 0.717) is 32.6 Å². The van der Waals surface area contributed by atoms with E-state index in [1.165, 1.54) is 9.80 Å². The molecule has 0 aromatic heterocycles. The van der Waals surface area contributed by atoms with Gasteiger partial charge in [0.05, 0.1) is 11.8 Å². The summed E-state index contributed by atoms with van der Waals surface area (Å²) in [7, 11) is 0. The van der Waals surface area contributed by atoms with Crippen LogP contribution in [0.3, 0.4) is 0 Å². The predicted octanol–water partition coefficient (Wildman–Crippen LogP) is -0.0987. The number of hydrogen-bond donors (Lipinski definition) is 1. The number of amides is 6. The number of thioether (sulfide) groups is 1. The Morgan fingerprint density at radius 1 is 1.25 bits per heavy atom. The lowest BCUT2D eigenvalue weighted by molar-refractivity contribution is -0.126. The quantitative estimate of drug-likeness (QED) is 0.730. The minimum absolute atomic E-state index is 0.178. The highest BCUT2D eigenvalue weighted by Crippen LogP contribution is 2.26. The zero-order valence-corrected chi connectivity index (χ0v) is 11.5. The number of carbonyl (C=O) groups is 4. The van der Waals surface area contributed by atoms with Crippen LogP contribution in [0.1, 0.15) is 6.42 Å². The molecule has 0 aromatic carbocycles. The van der Waals surface area contributed by atoms with Crippen LogP contribution >= 0.6 is 11.8 Å². The summed E-state index contributed by atoms with van der Waals surface area (Å²) in [4.78, 5) is 50.9. The van der Waals surface area contributed by atoms with Crippen molar-refractivity contribution in [2.45, 2.75) is 12.5 Å². The van der Waals surface area contributed by atoms with Crippen LogP contribution in [0.2, 0.25) is 0 Å². The van der Waals surface area contributed by atoms with Gasteiger partial charge in [-0.05, 0) is 6.42 Å². The van der Waals surface area contributed by atoms with Crippen molar-refractivity contribution in [1.29, 1.82) is 0 Å². The van der Waals surface area contributed by atoms with Crippen molar-refractivity contribution in [2.24, 2.45) is 0 Å². The molecule has 8 nitrogen and oxygen atoms in total. The summed E-state index contributed by atoms with van der Waals surface area (Å²) in [6.45, 7) is 1.58.